The number of H-pyrrole nitrogens is 1. The second kappa shape index (κ2) is 5.82. The summed E-state index contributed by atoms with van der Waals surface area (Å²) in [6.45, 7) is 5.23. The number of nitrogens with zero attached hydrogens (tertiary/aromatic N) is 4. The molecule has 23 heavy (non-hydrogen) atoms. The Morgan fingerprint density at radius 1 is 1.22 bits per heavy atom. The van der Waals surface area contributed by atoms with Crippen molar-refractivity contribution in [3.8, 4) is 0 Å². The highest BCUT2D eigenvalue weighted by Gasteiger charge is 2.34. The molecule has 0 aliphatic carbocycles. The maximum atomic E-state index is 12.7. The summed E-state index contributed by atoms with van der Waals surface area (Å²) >= 11 is 0. The lowest BCUT2D eigenvalue weighted by molar-refractivity contribution is -0.141. The van der Waals surface area contributed by atoms with E-state index >= 15 is 0 Å². The van der Waals surface area contributed by atoms with Crippen molar-refractivity contribution >= 4 is 5.95 Å². The average molecular weight is 325 g/mol. The lowest BCUT2D eigenvalue weighted by Crippen LogP contribution is -2.36. The molecule has 0 aromatic carbocycles. The fourth-order valence-corrected chi connectivity index (χ4v) is 2.74. The van der Waals surface area contributed by atoms with Gasteiger partial charge in [-0.3, -0.25) is 0 Å². The molecule has 8 heteroatoms. The first-order valence-electron chi connectivity index (χ1n) is 7.52. The van der Waals surface area contributed by atoms with E-state index in [1.165, 1.54) is 0 Å². The van der Waals surface area contributed by atoms with E-state index in [9.17, 15) is 13.2 Å². The number of piperidine rings is 1. The van der Waals surface area contributed by atoms with Gasteiger partial charge in [0.15, 0.2) is 0 Å². The van der Waals surface area contributed by atoms with Gasteiger partial charge in [0.05, 0.1) is 6.20 Å². The van der Waals surface area contributed by atoms with E-state index in [1.54, 1.807) is 6.20 Å². The predicted octanol–water partition coefficient (Wildman–Crippen LogP) is 3.22. The van der Waals surface area contributed by atoms with Crippen LogP contribution in [0.5, 0.6) is 0 Å². The molecule has 1 atom stereocenters. The van der Waals surface area contributed by atoms with Crippen LogP contribution in [0.2, 0.25) is 0 Å². The lowest BCUT2D eigenvalue weighted by Gasteiger charge is -2.32. The standard InChI is InChI=1S/C15H18F3N5/c1-9-6-20-14(21-10(9)2)23-5-3-4-11(8-23)13-19-7-12(22-13)15(16,17)18/h6-7,11H,3-5,8H2,1-2H3,(H,19,22). The number of aromatic nitrogens is 4. The first kappa shape index (κ1) is 15.8. The van der Waals surface area contributed by atoms with Gasteiger partial charge in [-0.1, -0.05) is 0 Å². The number of hydrogen-bond acceptors (Lipinski definition) is 4. The number of halogens is 3. The molecular formula is C15H18F3N5. The van der Waals surface area contributed by atoms with Crippen molar-refractivity contribution in [1.82, 2.24) is 19.9 Å². The van der Waals surface area contributed by atoms with Crippen LogP contribution in [0.1, 0.15) is 41.5 Å². The molecule has 3 heterocycles. The Labute approximate surface area is 132 Å². The number of aryl methyl sites for hydroxylation is 2. The SMILES string of the molecule is Cc1cnc(N2CCCC(c3ncc(C(F)(F)F)[nH]3)C2)nc1C. The summed E-state index contributed by atoms with van der Waals surface area (Å²) in [5, 5.41) is 0. The molecule has 1 aliphatic rings. The van der Waals surface area contributed by atoms with Crippen molar-refractivity contribution in [2.45, 2.75) is 38.8 Å². The molecule has 5 nitrogen and oxygen atoms in total. The largest absolute Gasteiger partial charge is 0.432 e. The van der Waals surface area contributed by atoms with Crippen LogP contribution in [-0.2, 0) is 6.18 Å². The van der Waals surface area contributed by atoms with Crippen molar-refractivity contribution < 1.29 is 13.2 Å². The van der Waals surface area contributed by atoms with E-state index in [2.05, 4.69) is 19.9 Å². The third kappa shape index (κ3) is 3.30. The topological polar surface area (TPSA) is 57.7 Å². The zero-order valence-corrected chi connectivity index (χ0v) is 13.0. The molecule has 0 spiro atoms. The van der Waals surface area contributed by atoms with Crippen LogP contribution >= 0.6 is 0 Å². The molecule has 0 saturated carbocycles. The molecule has 0 amide bonds. The molecule has 0 radical (unpaired) electrons. The molecule has 124 valence electrons. The van der Waals surface area contributed by atoms with Gasteiger partial charge in [0.2, 0.25) is 5.95 Å². The Hall–Kier alpha value is -2.12. The van der Waals surface area contributed by atoms with Gasteiger partial charge in [0.1, 0.15) is 11.5 Å². The van der Waals surface area contributed by atoms with Crippen LogP contribution in [0.3, 0.4) is 0 Å². The first-order chi connectivity index (χ1) is 10.8. The monoisotopic (exact) mass is 325 g/mol. The van der Waals surface area contributed by atoms with Gasteiger partial charge < -0.3 is 9.88 Å². The van der Waals surface area contributed by atoms with Gasteiger partial charge in [-0.25, -0.2) is 15.0 Å². The zero-order chi connectivity index (χ0) is 16.6. The number of anilines is 1. The minimum atomic E-state index is -4.39. The number of aromatic amines is 1. The van der Waals surface area contributed by atoms with Crippen LogP contribution < -0.4 is 4.90 Å². The van der Waals surface area contributed by atoms with Crippen molar-refractivity contribution in [3.05, 3.63) is 35.2 Å². The zero-order valence-electron chi connectivity index (χ0n) is 13.0. The Morgan fingerprint density at radius 3 is 2.65 bits per heavy atom. The van der Waals surface area contributed by atoms with Gasteiger partial charge in [-0.15, -0.1) is 0 Å². The third-order valence-electron chi connectivity index (χ3n) is 4.20. The number of nitrogens with one attached hydrogen (secondary N) is 1. The summed E-state index contributed by atoms with van der Waals surface area (Å²) in [7, 11) is 0. The molecule has 3 rings (SSSR count). The maximum Gasteiger partial charge on any atom is 0.432 e. The Morgan fingerprint density at radius 2 is 2.00 bits per heavy atom. The summed E-state index contributed by atoms with van der Waals surface area (Å²) < 4.78 is 38.1. The molecule has 1 aliphatic heterocycles. The summed E-state index contributed by atoms with van der Waals surface area (Å²) in [4.78, 5) is 17.2. The van der Waals surface area contributed by atoms with Gasteiger partial charge in [-0.05, 0) is 32.3 Å². The van der Waals surface area contributed by atoms with Gasteiger partial charge >= 0.3 is 6.18 Å². The Bertz CT molecular complexity index is 695. The normalized spacial score (nSPS) is 19.2. The van der Waals surface area contributed by atoms with Gasteiger partial charge in [-0.2, -0.15) is 13.2 Å². The smallest absolute Gasteiger partial charge is 0.340 e. The summed E-state index contributed by atoms with van der Waals surface area (Å²) in [6.07, 6.45) is -0.0946. The maximum absolute atomic E-state index is 12.7. The molecule has 1 fully saturated rings. The highest BCUT2D eigenvalue weighted by atomic mass is 19.4. The number of rotatable bonds is 2. The first-order valence-corrected chi connectivity index (χ1v) is 7.52. The summed E-state index contributed by atoms with van der Waals surface area (Å²) in [5.41, 5.74) is 1.13. The number of alkyl halides is 3. The van der Waals surface area contributed by atoms with E-state index in [-0.39, 0.29) is 5.92 Å². The van der Waals surface area contributed by atoms with E-state index in [0.717, 1.165) is 36.8 Å². The second-order valence-electron chi connectivity index (χ2n) is 5.90. The molecule has 0 bridgehead atoms. The number of hydrogen-bond donors (Lipinski definition) is 1. The van der Waals surface area contributed by atoms with E-state index in [0.29, 0.717) is 18.3 Å². The van der Waals surface area contributed by atoms with Crippen molar-refractivity contribution in [1.29, 1.82) is 0 Å². The molecule has 1 saturated heterocycles. The highest BCUT2D eigenvalue weighted by molar-refractivity contribution is 5.34. The molecule has 1 N–H and O–H groups in total. The lowest BCUT2D eigenvalue weighted by atomic mass is 9.97. The van der Waals surface area contributed by atoms with E-state index < -0.39 is 11.9 Å². The molecule has 2 aromatic heterocycles. The van der Waals surface area contributed by atoms with Crippen molar-refractivity contribution in [3.63, 3.8) is 0 Å². The average Bonchev–Trinajstić information content (AvgIpc) is 3.00. The molecule has 2 aromatic rings. The fourth-order valence-electron chi connectivity index (χ4n) is 2.74. The van der Waals surface area contributed by atoms with Crippen LogP contribution in [-0.4, -0.2) is 33.0 Å². The van der Waals surface area contributed by atoms with E-state index in [4.69, 9.17) is 0 Å². The van der Waals surface area contributed by atoms with Crippen LogP contribution in [0, 0.1) is 13.8 Å². The van der Waals surface area contributed by atoms with Crippen molar-refractivity contribution in [2.24, 2.45) is 0 Å². The van der Waals surface area contributed by atoms with Crippen molar-refractivity contribution in [2.75, 3.05) is 18.0 Å². The van der Waals surface area contributed by atoms with Gasteiger partial charge in [0.25, 0.3) is 0 Å². The summed E-state index contributed by atoms with van der Waals surface area (Å²) in [5.74, 6) is 0.927. The van der Waals surface area contributed by atoms with E-state index in [1.807, 2.05) is 18.7 Å². The Kier molecular flexibility index (Phi) is 3.99. The molecule has 1 unspecified atom stereocenters. The minimum absolute atomic E-state index is 0.0786. The highest BCUT2D eigenvalue weighted by Crippen LogP contribution is 2.31. The quantitative estimate of drug-likeness (QED) is 0.921. The van der Waals surface area contributed by atoms with Gasteiger partial charge in [0, 0.05) is 30.9 Å². The number of imidazole rings is 1. The van der Waals surface area contributed by atoms with Crippen LogP contribution in [0.15, 0.2) is 12.4 Å². The minimum Gasteiger partial charge on any atom is -0.340 e. The molecular weight excluding hydrogens is 307 g/mol. The summed E-state index contributed by atoms with van der Waals surface area (Å²) in [6, 6.07) is 0. The predicted molar refractivity (Wildman–Crippen MR) is 79.3 cm³/mol. The van der Waals surface area contributed by atoms with Crippen LogP contribution in [0.4, 0.5) is 19.1 Å². The van der Waals surface area contributed by atoms with Crippen LogP contribution in [0.25, 0.3) is 0 Å². The third-order valence-corrected chi connectivity index (χ3v) is 4.20. The Balaban J connectivity index is 1.78. The fraction of sp³-hybridized carbons (Fsp3) is 0.533. The second-order valence-corrected chi connectivity index (χ2v) is 5.90.